The number of aryl methyl sites for hydroxylation is 2. The van der Waals surface area contributed by atoms with Gasteiger partial charge in [-0.05, 0) is 20.3 Å². The lowest BCUT2D eigenvalue weighted by molar-refractivity contribution is 0.187. The van der Waals surface area contributed by atoms with E-state index in [2.05, 4.69) is 4.98 Å². The van der Waals surface area contributed by atoms with Gasteiger partial charge in [0.25, 0.3) is 5.56 Å². The number of hydrogen-bond donors (Lipinski definition) is 0. The van der Waals surface area contributed by atoms with E-state index in [0.29, 0.717) is 36.6 Å². The van der Waals surface area contributed by atoms with Crippen molar-refractivity contribution in [3.8, 4) is 0 Å². The zero-order chi connectivity index (χ0) is 18.3. The van der Waals surface area contributed by atoms with Crippen LogP contribution in [0.3, 0.4) is 0 Å². The van der Waals surface area contributed by atoms with E-state index < -0.39 is 0 Å². The number of unbranched alkanes of at least 4 members (excludes halogenated alkanes) is 1. The predicted octanol–water partition coefficient (Wildman–Crippen LogP) is 1.21. The highest BCUT2D eigenvalue weighted by molar-refractivity contribution is 5.76. The van der Waals surface area contributed by atoms with Crippen LogP contribution >= 0.6 is 0 Å². The van der Waals surface area contributed by atoms with Crippen molar-refractivity contribution in [1.29, 1.82) is 0 Å². The average molecular weight is 347 g/mol. The van der Waals surface area contributed by atoms with Gasteiger partial charge < -0.3 is 9.30 Å². The van der Waals surface area contributed by atoms with Crippen LogP contribution in [0.4, 0.5) is 0 Å². The van der Waals surface area contributed by atoms with Gasteiger partial charge in [-0.25, -0.2) is 4.79 Å². The van der Waals surface area contributed by atoms with Crippen LogP contribution in [0.25, 0.3) is 16.9 Å². The predicted molar refractivity (Wildman–Crippen MR) is 96.4 cm³/mol. The Balaban J connectivity index is 2.40. The monoisotopic (exact) mass is 347 g/mol. The lowest BCUT2D eigenvalue weighted by Crippen LogP contribution is -2.39. The molecule has 0 saturated carbocycles. The zero-order valence-corrected chi connectivity index (χ0v) is 15.5. The minimum absolute atomic E-state index is 0.272. The molecule has 3 rings (SSSR count). The fourth-order valence-electron chi connectivity index (χ4n) is 3.28. The van der Waals surface area contributed by atoms with E-state index in [-0.39, 0.29) is 11.2 Å². The van der Waals surface area contributed by atoms with E-state index >= 15 is 0 Å². The second-order valence-electron chi connectivity index (χ2n) is 6.39. The molecular formula is C17H25N5O3. The molecule has 0 spiro atoms. The topological polar surface area (TPSA) is 75.5 Å². The summed E-state index contributed by atoms with van der Waals surface area (Å²) >= 11 is 0. The highest BCUT2D eigenvalue weighted by atomic mass is 16.5. The molecule has 3 aromatic heterocycles. The van der Waals surface area contributed by atoms with Crippen molar-refractivity contribution < 1.29 is 4.74 Å². The number of nitrogens with zero attached hydrogens (tertiary/aromatic N) is 5. The minimum atomic E-state index is -0.315. The summed E-state index contributed by atoms with van der Waals surface area (Å²) in [5.74, 6) is 0.669. The molecule has 3 aromatic rings. The summed E-state index contributed by atoms with van der Waals surface area (Å²) < 4.78 is 11.9. The van der Waals surface area contributed by atoms with Crippen molar-refractivity contribution >= 4 is 16.9 Å². The fourth-order valence-corrected chi connectivity index (χ4v) is 3.28. The van der Waals surface area contributed by atoms with Crippen LogP contribution in [0, 0.1) is 13.8 Å². The molecule has 8 heteroatoms. The molecule has 8 nitrogen and oxygen atoms in total. The Morgan fingerprint density at radius 1 is 1.08 bits per heavy atom. The van der Waals surface area contributed by atoms with E-state index in [1.54, 1.807) is 14.2 Å². The maximum atomic E-state index is 13.0. The summed E-state index contributed by atoms with van der Waals surface area (Å²) in [5.41, 5.74) is 2.29. The van der Waals surface area contributed by atoms with Crippen molar-refractivity contribution in [3.05, 3.63) is 32.2 Å². The second kappa shape index (κ2) is 6.51. The number of fused-ring (bicyclic) bond motifs is 3. The first-order valence-electron chi connectivity index (χ1n) is 8.60. The first-order chi connectivity index (χ1) is 11.9. The Labute approximate surface area is 145 Å². The first-order valence-corrected chi connectivity index (χ1v) is 8.60. The molecule has 3 heterocycles. The van der Waals surface area contributed by atoms with Crippen LogP contribution in [0.1, 0.15) is 31.2 Å². The number of imidazole rings is 2. The van der Waals surface area contributed by atoms with Crippen molar-refractivity contribution in [2.24, 2.45) is 7.05 Å². The lowest BCUT2D eigenvalue weighted by atomic mass is 10.3. The summed E-state index contributed by atoms with van der Waals surface area (Å²) in [5, 5.41) is 0. The van der Waals surface area contributed by atoms with Gasteiger partial charge in [0.2, 0.25) is 5.78 Å². The molecule has 0 bridgehead atoms. The number of rotatable bonds is 6. The van der Waals surface area contributed by atoms with Gasteiger partial charge >= 0.3 is 5.69 Å². The number of hydrogen-bond acceptors (Lipinski definition) is 4. The number of methoxy groups -OCH3 is 1. The SMILES string of the molecule is CCCCn1c(=O)c2c(nc3n(CCOC)c(C)c(C)n23)n(C)c1=O. The zero-order valence-electron chi connectivity index (χ0n) is 15.5. The quantitative estimate of drug-likeness (QED) is 0.672. The van der Waals surface area contributed by atoms with Gasteiger partial charge in [0.15, 0.2) is 11.2 Å². The molecule has 0 N–H and O–H groups in total. The molecule has 0 atom stereocenters. The third-order valence-electron chi connectivity index (χ3n) is 4.88. The average Bonchev–Trinajstić information content (AvgIpc) is 3.09. The van der Waals surface area contributed by atoms with Crippen molar-refractivity contribution in [1.82, 2.24) is 23.1 Å². The molecule has 0 amide bonds. The minimum Gasteiger partial charge on any atom is -0.383 e. The van der Waals surface area contributed by atoms with E-state index in [1.165, 1.54) is 9.13 Å². The molecule has 0 radical (unpaired) electrons. The summed E-state index contributed by atoms with van der Waals surface area (Å²) in [7, 11) is 3.32. The Morgan fingerprint density at radius 2 is 1.80 bits per heavy atom. The van der Waals surface area contributed by atoms with Gasteiger partial charge in [-0.3, -0.25) is 18.3 Å². The number of ether oxygens (including phenoxy) is 1. The molecule has 25 heavy (non-hydrogen) atoms. The molecule has 0 fully saturated rings. The highest BCUT2D eigenvalue weighted by Gasteiger charge is 2.22. The summed E-state index contributed by atoms with van der Waals surface area (Å²) in [4.78, 5) is 30.2. The first kappa shape index (κ1) is 17.5. The fraction of sp³-hybridized carbons (Fsp3) is 0.588. The van der Waals surface area contributed by atoms with Gasteiger partial charge in [-0.1, -0.05) is 13.3 Å². The van der Waals surface area contributed by atoms with Gasteiger partial charge in [0, 0.05) is 38.6 Å². The largest absolute Gasteiger partial charge is 0.383 e. The Hall–Kier alpha value is -2.35. The lowest BCUT2D eigenvalue weighted by Gasteiger charge is -2.08. The maximum absolute atomic E-state index is 13.0. The third kappa shape index (κ3) is 2.52. The van der Waals surface area contributed by atoms with Crippen LogP contribution < -0.4 is 11.2 Å². The molecule has 136 valence electrons. The molecule has 0 unspecified atom stereocenters. The van der Waals surface area contributed by atoms with Crippen LogP contribution in [-0.2, 0) is 24.9 Å². The Bertz CT molecular complexity index is 1050. The van der Waals surface area contributed by atoms with Gasteiger partial charge in [-0.15, -0.1) is 0 Å². The summed E-state index contributed by atoms with van der Waals surface area (Å²) in [6, 6.07) is 0. The van der Waals surface area contributed by atoms with Gasteiger partial charge in [0.05, 0.1) is 6.61 Å². The van der Waals surface area contributed by atoms with Crippen molar-refractivity contribution in [3.63, 3.8) is 0 Å². The Morgan fingerprint density at radius 3 is 2.44 bits per heavy atom. The highest BCUT2D eigenvalue weighted by Crippen LogP contribution is 2.20. The summed E-state index contributed by atoms with van der Waals surface area (Å²) in [6.45, 7) is 7.62. The van der Waals surface area contributed by atoms with E-state index in [9.17, 15) is 9.59 Å². The standard InChI is InChI=1S/C17H25N5O3/c1-6-7-8-21-15(23)13-14(19(4)17(21)24)18-16-20(9-10-25-5)11(2)12(3)22(13)16/h6-10H2,1-5H3. The van der Waals surface area contributed by atoms with E-state index in [0.717, 1.165) is 24.2 Å². The smallest absolute Gasteiger partial charge is 0.332 e. The van der Waals surface area contributed by atoms with Crippen LogP contribution in [0.15, 0.2) is 9.59 Å². The molecule has 0 aromatic carbocycles. The number of aromatic nitrogens is 5. The third-order valence-corrected chi connectivity index (χ3v) is 4.88. The normalized spacial score (nSPS) is 11.9. The van der Waals surface area contributed by atoms with Gasteiger partial charge in [0.1, 0.15) is 0 Å². The Kier molecular flexibility index (Phi) is 4.55. The summed E-state index contributed by atoms with van der Waals surface area (Å²) in [6.07, 6.45) is 1.70. The van der Waals surface area contributed by atoms with Gasteiger partial charge in [-0.2, -0.15) is 4.98 Å². The van der Waals surface area contributed by atoms with E-state index in [1.807, 2.05) is 29.7 Å². The molecule has 0 aliphatic rings. The maximum Gasteiger partial charge on any atom is 0.332 e. The second-order valence-corrected chi connectivity index (χ2v) is 6.39. The van der Waals surface area contributed by atoms with Crippen LogP contribution in [-0.4, -0.2) is 36.8 Å². The van der Waals surface area contributed by atoms with E-state index in [4.69, 9.17) is 4.74 Å². The van der Waals surface area contributed by atoms with Crippen molar-refractivity contribution in [2.45, 2.75) is 46.7 Å². The van der Waals surface area contributed by atoms with Crippen molar-refractivity contribution in [2.75, 3.05) is 13.7 Å². The van der Waals surface area contributed by atoms with Crippen LogP contribution in [0.2, 0.25) is 0 Å². The van der Waals surface area contributed by atoms with Crippen LogP contribution in [0.5, 0.6) is 0 Å². The molecular weight excluding hydrogens is 322 g/mol. The molecule has 0 aliphatic heterocycles. The molecule has 0 saturated heterocycles. The molecule has 0 aliphatic carbocycles.